The van der Waals surface area contributed by atoms with Gasteiger partial charge in [-0.3, -0.25) is 0 Å². The van der Waals surface area contributed by atoms with Crippen molar-refractivity contribution in [1.29, 1.82) is 0 Å². The summed E-state index contributed by atoms with van der Waals surface area (Å²) in [7, 11) is 0. The molecule has 3 nitrogen and oxygen atoms in total. The Kier molecular flexibility index (Phi) is 3.03. The minimum Gasteiger partial charge on any atom is -0.324 e. The topological polar surface area (TPSA) is 29.9 Å². The second-order valence-corrected chi connectivity index (χ2v) is 6.58. The number of nitrogens with one attached hydrogen (secondary N) is 1. The quantitative estimate of drug-likeness (QED) is 0.935. The van der Waals surface area contributed by atoms with Crippen molar-refractivity contribution in [2.24, 2.45) is 0 Å². The molecule has 1 aromatic heterocycles. The third-order valence-corrected chi connectivity index (χ3v) is 5.19. The summed E-state index contributed by atoms with van der Waals surface area (Å²) in [6.07, 6.45) is 5.84. The Morgan fingerprint density at radius 3 is 2.95 bits per heavy atom. The minimum absolute atomic E-state index is 0.107. The molecule has 0 radical (unpaired) electrons. The van der Waals surface area contributed by atoms with Gasteiger partial charge in [-0.2, -0.15) is 0 Å². The van der Waals surface area contributed by atoms with Gasteiger partial charge >= 0.3 is 0 Å². The molecule has 1 aliphatic heterocycles. The van der Waals surface area contributed by atoms with E-state index in [1.54, 1.807) is 6.07 Å². The number of piperidine rings is 1. The number of fused-ring (bicyclic) bond motifs is 1. The summed E-state index contributed by atoms with van der Waals surface area (Å²) in [4.78, 5) is 4.94. The molecule has 4 heteroatoms. The van der Waals surface area contributed by atoms with Gasteiger partial charge in [-0.05, 0) is 56.8 Å². The number of imidazole rings is 1. The maximum absolute atomic E-state index is 13.7. The first-order valence-corrected chi connectivity index (χ1v) is 8.12. The molecule has 1 aromatic carbocycles. The average Bonchev–Trinajstić information content (AvgIpc) is 3.28. The standard InChI is InChI=1S/C17H22FN3/c1-2-17(8-3-9-19-11-17)16-20-14-7-4-12(18)10-15(14)21(16)13-5-6-13/h4,7,10,13,19H,2-3,5-6,8-9,11H2,1H3. The largest absolute Gasteiger partial charge is 0.324 e. The molecule has 1 aliphatic carbocycles. The molecule has 0 bridgehead atoms. The average molecular weight is 287 g/mol. The van der Waals surface area contributed by atoms with Gasteiger partial charge in [0.1, 0.15) is 11.6 Å². The van der Waals surface area contributed by atoms with Crippen LogP contribution >= 0.6 is 0 Å². The lowest BCUT2D eigenvalue weighted by molar-refractivity contribution is 0.279. The lowest BCUT2D eigenvalue weighted by Gasteiger charge is -2.36. The Morgan fingerprint density at radius 1 is 1.43 bits per heavy atom. The van der Waals surface area contributed by atoms with Crippen molar-refractivity contribution in [1.82, 2.24) is 14.9 Å². The van der Waals surface area contributed by atoms with Crippen molar-refractivity contribution < 1.29 is 4.39 Å². The van der Waals surface area contributed by atoms with Crippen LogP contribution in [0.5, 0.6) is 0 Å². The number of nitrogens with zero attached hydrogens (tertiary/aromatic N) is 2. The van der Waals surface area contributed by atoms with Crippen LogP contribution in [-0.2, 0) is 5.41 Å². The first-order valence-electron chi connectivity index (χ1n) is 8.12. The van der Waals surface area contributed by atoms with Gasteiger partial charge in [0.15, 0.2) is 0 Å². The van der Waals surface area contributed by atoms with E-state index in [0.717, 1.165) is 30.5 Å². The van der Waals surface area contributed by atoms with Crippen LogP contribution < -0.4 is 5.32 Å². The van der Waals surface area contributed by atoms with Crippen LogP contribution in [0.4, 0.5) is 4.39 Å². The Bertz CT molecular complexity index is 666. The molecule has 1 atom stereocenters. The molecule has 1 saturated carbocycles. The highest BCUT2D eigenvalue weighted by atomic mass is 19.1. The summed E-state index contributed by atoms with van der Waals surface area (Å²) in [5.41, 5.74) is 2.03. The third-order valence-electron chi connectivity index (χ3n) is 5.19. The van der Waals surface area contributed by atoms with Crippen LogP contribution in [0.25, 0.3) is 11.0 Å². The summed E-state index contributed by atoms with van der Waals surface area (Å²) < 4.78 is 16.0. The zero-order valence-corrected chi connectivity index (χ0v) is 12.5. The fourth-order valence-corrected chi connectivity index (χ4v) is 3.76. The van der Waals surface area contributed by atoms with Crippen LogP contribution in [-0.4, -0.2) is 22.6 Å². The van der Waals surface area contributed by atoms with Crippen LogP contribution in [0, 0.1) is 5.82 Å². The molecule has 2 aromatic rings. The van der Waals surface area contributed by atoms with Gasteiger partial charge in [0, 0.05) is 18.0 Å². The zero-order chi connectivity index (χ0) is 14.4. The molecule has 21 heavy (non-hydrogen) atoms. The molecule has 1 unspecified atom stereocenters. The SMILES string of the molecule is CCC1(c2nc3ccc(F)cc3n2C2CC2)CCCNC1. The van der Waals surface area contributed by atoms with Gasteiger partial charge in [-0.25, -0.2) is 9.37 Å². The molecule has 2 fully saturated rings. The fourth-order valence-electron chi connectivity index (χ4n) is 3.76. The van der Waals surface area contributed by atoms with E-state index in [2.05, 4.69) is 16.8 Å². The maximum Gasteiger partial charge on any atom is 0.125 e. The Labute approximate surface area is 124 Å². The number of hydrogen-bond donors (Lipinski definition) is 1. The van der Waals surface area contributed by atoms with E-state index in [0.29, 0.717) is 6.04 Å². The van der Waals surface area contributed by atoms with Crippen molar-refractivity contribution >= 4 is 11.0 Å². The summed E-state index contributed by atoms with van der Waals surface area (Å²) in [6.45, 7) is 4.34. The predicted octanol–water partition coefficient (Wildman–Crippen LogP) is 3.54. The fraction of sp³-hybridized carbons (Fsp3) is 0.588. The van der Waals surface area contributed by atoms with Crippen molar-refractivity contribution in [3.8, 4) is 0 Å². The molecule has 2 aliphatic rings. The normalized spacial score (nSPS) is 26.4. The molecule has 1 N–H and O–H groups in total. The van der Waals surface area contributed by atoms with E-state index in [4.69, 9.17) is 4.98 Å². The van der Waals surface area contributed by atoms with Gasteiger partial charge in [-0.15, -0.1) is 0 Å². The molecular formula is C17H22FN3. The monoisotopic (exact) mass is 287 g/mol. The first-order chi connectivity index (χ1) is 10.2. The Balaban J connectivity index is 1.92. The number of halogens is 1. The molecule has 112 valence electrons. The van der Waals surface area contributed by atoms with Gasteiger partial charge in [0.05, 0.1) is 11.0 Å². The first kappa shape index (κ1) is 13.3. The highest BCUT2D eigenvalue weighted by Crippen LogP contribution is 2.44. The van der Waals surface area contributed by atoms with E-state index in [9.17, 15) is 4.39 Å². The van der Waals surface area contributed by atoms with Gasteiger partial charge < -0.3 is 9.88 Å². The van der Waals surface area contributed by atoms with Crippen molar-refractivity contribution in [2.75, 3.05) is 13.1 Å². The molecule has 1 saturated heterocycles. The van der Waals surface area contributed by atoms with Crippen molar-refractivity contribution in [3.05, 3.63) is 29.8 Å². The molecule has 4 rings (SSSR count). The van der Waals surface area contributed by atoms with E-state index < -0.39 is 0 Å². The minimum atomic E-state index is -0.164. The van der Waals surface area contributed by atoms with Crippen LogP contribution in [0.3, 0.4) is 0 Å². The van der Waals surface area contributed by atoms with E-state index in [-0.39, 0.29) is 11.2 Å². The number of hydrogen-bond acceptors (Lipinski definition) is 2. The summed E-state index contributed by atoms with van der Waals surface area (Å²) in [5, 5.41) is 3.54. The number of benzene rings is 1. The highest BCUT2D eigenvalue weighted by molar-refractivity contribution is 5.76. The Hall–Kier alpha value is -1.42. The van der Waals surface area contributed by atoms with Gasteiger partial charge in [-0.1, -0.05) is 6.92 Å². The smallest absolute Gasteiger partial charge is 0.125 e. The highest BCUT2D eigenvalue weighted by Gasteiger charge is 2.40. The second kappa shape index (κ2) is 4.80. The molecule has 0 spiro atoms. The molecular weight excluding hydrogens is 265 g/mol. The zero-order valence-electron chi connectivity index (χ0n) is 12.5. The van der Waals surface area contributed by atoms with Crippen LogP contribution in [0.1, 0.15) is 50.9 Å². The summed E-state index contributed by atoms with van der Waals surface area (Å²) in [5.74, 6) is 1.02. The lowest BCUT2D eigenvalue weighted by atomic mass is 9.77. The Morgan fingerprint density at radius 2 is 2.29 bits per heavy atom. The van der Waals surface area contributed by atoms with E-state index in [1.165, 1.54) is 37.6 Å². The third kappa shape index (κ3) is 2.08. The van der Waals surface area contributed by atoms with E-state index >= 15 is 0 Å². The van der Waals surface area contributed by atoms with Crippen molar-refractivity contribution in [3.63, 3.8) is 0 Å². The number of aromatic nitrogens is 2. The maximum atomic E-state index is 13.7. The number of rotatable bonds is 3. The van der Waals surface area contributed by atoms with Gasteiger partial charge in [0.25, 0.3) is 0 Å². The molecule has 2 heterocycles. The van der Waals surface area contributed by atoms with Gasteiger partial charge in [0.2, 0.25) is 0 Å². The van der Waals surface area contributed by atoms with Crippen LogP contribution in [0.2, 0.25) is 0 Å². The second-order valence-electron chi connectivity index (χ2n) is 6.58. The van der Waals surface area contributed by atoms with Crippen molar-refractivity contribution in [2.45, 2.75) is 50.5 Å². The molecule has 0 amide bonds. The lowest BCUT2D eigenvalue weighted by Crippen LogP contribution is -2.44. The summed E-state index contributed by atoms with van der Waals surface area (Å²) >= 11 is 0. The van der Waals surface area contributed by atoms with Crippen LogP contribution in [0.15, 0.2) is 18.2 Å². The predicted molar refractivity (Wildman–Crippen MR) is 82.0 cm³/mol. The van der Waals surface area contributed by atoms with E-state index in [1.807, 2.05) is 6.07 Å². The summed E-state index contributed by atoms with van der Waals surface area (Å²) in [6, 6.07) is 5.53.